The third kappa shape index (κ3) is 6.10. The first kappa shape index (κ1) is 29.8. The highest BCUT2D eigenvalue weighted by atomic mass is 16.7. The SMILES string of the molecule is CCN(CCNCC[N+](C)(C)C)C(=O)O/N=C(\C)[C@H]1CC[C@H]2[C@@H]3CC[C@H]4C[C@@H](O)CC[C@]4(C)[C@H]3CC[C@]12C. The number of rotatable bonds is 9. The number of nitrogens with one attached hydrogen (secondary N) is 1. The number of nitrogens with zero attached hydrogens (tertiary/aromatic N) is 3. The third-order valence-electron chi connectivity index (χ3n) is 11.6. The van der Waals surface area contributed by atoms with Crippen LogP contribution in [0, 0.1) is 40.4 Å². The fourth-order valence-corrected chi connectivity index (χ4v) is 9.29. The predicted molar refractivity (Wildman–Crippen MR) is 154 cm³/mol. The van der Waals surface area contributed by atoms with E-state index in [4.69, 9.17) is 4.84 Å². The van der Waals surface area contributed by atoms with Crippen LogP contribution in [0.2, 0.25) is 0 Å². The number of quaternary nitrogens is 1. The lowest BCUT2D eigenvalue weighted by atomic mass is 9.44. The van der Waals surface area contributed by atoms with E-state index in [0.717, 1.165) is 66.8 Å². The fraction of sp³-hybridized carbons (Fsp3) is 0.935. The first-order valence-electron chi connectivity index (χ1n) is 15.6. The van der Waals surface area contributed by atoms with Gasteiger partial charge in [-0.3, -0.25) is 4.84 Å². The number of amides is 1. The van der Waals surface area contributed by atoms with Crippen molar-refractivity contribution >= 4 is 11.8 Å². The highest BCUT2D eigenvalue weighted by molar-refractivity contribution is 5.85. The summed E-state index contributed by atoms with van der Waals surface area (Å²) in [6.07, 6.45) is 10.4. The maximum Gasteiger partial charge on any atom is 0.436 e. The van der Waals surface area contributed by atoms with Gasteiger partial charge >= 0.3 is 6.09 Å². The first-order valence-corrected chi connectivity index (χ1v) is 15.6. The summed E-state index contributed by atoms with van der Waals surface area (Å²) in [4.78, 5) is 20.1. The molecular formula is C31H57N4O3+. The van der Waals surface area contributed by atoms with Gasteiger partial charge in [0.15, 0.2) is 0 Å². The minimum absolute atomic E-state index is 0.0800. The molecule has 8 atom stereocenters. The molecule has 0 aromatic carbocycles. The molecule has 0 aromatic rings. The molecular weight excluding hydrogens is 476 g/mol. The van der Waals surface area contributed by atoms with E-state index in [9.17, 15) is 9.90 Å². The van der Waals surface area contributed by atoms with E-state index in [1.54, 1.807) is 4.90 Å². The molecule has 7 heteroatoms. The van der Waals surface area contributed by atoms with Crippen molar-refractivity contribution in [3.8, 4) is 0 Å². The summed E-state index contributed by atoms with van der Waals surface area (Å²) < 4.78 is 0.923. The molecule has 4 saturated carbocycles. The number of likely N-dealkylation sites (N-methyl/N-ethyl adjacent to an activating group) is 2. The van der Waals surface area contributed by atoms with Crippen molar-refractivity contribution in [2.24, 2.45) is 45.6 Å². The Kier molecular flexibility index (Phi) is 9.21. The molecule has 0 unspecified atom stereocenters. The standard InChI is InChI=1S/C31H57N4O3/c1-8-34(19-17-32-18-20-35(5,6)7)29(37)38-33-22(2)26-11-12-27-25-10-9-23-21-24(36)13-15-30(23,3)28(25)14-16-31(26,27)4/h23-28,32,36H,8-21H2,1-7H3/q+1/b33-22+/t23-,24-,25-,26+,27-,28-,30-,31+/m0/s1. The quantitative estimate of drug-likeness (QED) is 0.142. The Morgan fingerprint density at radius 2 is 1.74 bits per heavy atom. The lowest BCUT2D eigenvalue weighted by Gasteiger charge is -2.61. The van der Waals surface area contributed by atoms with Crippen LogP contribution >= 0.6 is 0 Å². The predicted octanol–water partition coefficient (Wildman–Crippen LogP) is 5.14. The summed E-state index contributed by atoms with van der Waals surface area (Å²) in [5, 5.41) is 18.2. The summed E-state index contributed by atoms with van der Waals surface area (Å²) in [5.74, 6) is 3.43. The zero-order valence-corrected chi connectivity index (χ0v) is 25.5. The van der Waals surface area contributed by atoms with Crippen LogP contribution in [0.25, 0.3) is 0 Å². The molecule has 1 amide bonds. The van der Waals surface area contributed by atoms with Gasteiger partial charge in [0.2, 0.25) is 0 Å². The number of hydrogen-bond donors (Lipinski definition) is 2. The van der Waals surface area contributed by atoms with Crippen molar-refractivity contribution in [3.63, 3.8) is 0 Å². The van der Waals surface area contributed by atoms with Gasteiger partial charge in [0, 0.05) is 32.1 Å². The van der Waals surface area contributed by atoms with Gasteiger partial charge in [-0.25, -0.2) is 4.79 Å². The van der Waals surface area contributed by atoms with Crippen molar-refractivity contribution in [3.05, 3.63) is 0 Å². The molecule has 0 aromatic heterocycles. The van der Waals surface area contributed by atoms with Gasteiger partial charge in [-0.2, -0.15) is 0 Å². The Morgan fingerprint density at radius 3 is 2.45 bits per heavy atom. The van der Waals surface area contributed by atoms with Crippen LogP contribution in [-0.2, 0) is 4.84 Å². The molecule has 4 aliphatic carbocycles. The minimum atomic E-state index is -0.339. The molecule has 0 aliphatic heterocycles. The monoisotopic (exact) mass is 533 g/mol. The normalized spacial score (nSPS) is 39.2. The average Bonchev–Trinajstić information content (AvgIpc) is 3.21. The maximum absolute atomic E-state index is 12.8. The molecule has 4 rings (SSSR count). The molecule has 0 radical (unpaired) electrons. The molecule has 4 aliphatic rings. The Morgan fingerprint density at radius 1 is 1.03 bits per heavy atom. The molecule has 38 heavy (non-hydrogen) atoms. The molecule has 4 fully saturated rings. The number of oxime groups is 1. The van der Waals surface area contributed by atoms with Crippen LogP contribution in [0.3, 0.4) is 0 Å². The van der Waals surface area contributed by atoms with Crippen molar-refractivity contribution < 1.29 is 19.2 Å². The summed E-state index contributed by atoms with van der Waals surface area (Å²) in [5.41, 5.74) is 1.66. The Hall–Kier alpha value is -1.18. The van der Waals surface area contributed by atoms with Gasteiger partial charge in [0.25, 0.3) is 0 Å². The van der Waals surface area contributed by atoms with Crippen LogP contribution in [0.1, 0.15) is 85.5 Å². The summed E-state index contributed by atoms with van der Waals surface area (Å²) in [6, 6.07) is 0. The summed E-state index contributed by atoms with van der Waals surface area (Å²) in [7, 11) is 6.55. The van der Waals surface area contributed by atoms with Crippen molar-refractivity contribution in [2.75, 3.05) is 53.9 Å². The third-order valence-corrected chi connectivity index (χ3v) is 11.6. The van der Waals surface area contributed by atoms with Crippen LogP contribution < -0.4 is 5.32 Å². The summed E-state index contributed by atoms with van der Waals surface area (Å²) in [6.45, 7) is 13.1. The second kappa shape index (κ2) is 11.7. The van der Waals surface area contributed by atoms with E-state index in [1.165, 1.54) is 38.5 Å². The molecule has 218 valence electrons. The second-order valence-corrected chi connectivity index (χ2v) is 14.7. The van der Waals surface area contributed by atoms with E-state index >= 15 is 0 Å². The van der Waals surface area contributed by atoms with Crippen LogP contribution in [0.5, 0.6) is 0 Å². The minimum Gasteiger partial charge on any atom is -0.393 e. The number of hydrogen-bond acceptors (Lipinski definition) is 5. The topological polar surface area (TPSA) is 74.2 Å². The highest BCUT2D eigenvalue weighted by Crippen LogP contribution is 2.67. The molecule has 0 saturated heterocycles. The zero-order chi connectivity index (χ0) is 27.7. The van der Waals surface area contributed by atoms with Crippen molar-refractivity contribution in [1.29, 1.82) is 0 Å². The van der Waals surface area contributed by atoms with E-state index in [1.807, 2.05) is 6.92 Å². The van der Waals surface area contributed by atoms with Crippen molar-refractivity contribution in [2.45, 2.75) is 91.6 Å². The van der Waals surface area contributed by atoms with Gasteiger partial charge in [-0.1, -0.05) is 19.0 Å². The Bertz CT molecular complexity index is 857. The smallest absolute Gasteiger partial charge is 0.393 e. The molecule has 7 nitrogen and oxygen atoms in total. The van der Waals surface area contributed by atoms with Crippen LogP contribution in [0.15, 0.2) is 5.16 Å². The van der Waals surface area contributed by atoms with Gasteiger partial charge in [0.1, 0.15) is 0 Å². The maximum atomic E-state index is 12.8. The van der Waals surface area contributed by atoms with Crippen LogP contribution in [-0.4, -0.2) is 86.3 Å². The molecule has 0 bridgehead atoms. The lowest BCUT2D eigenvalue weighted by molar-refractivity contribution is -0.869. The number of aliphatic hydroxyl groups excluding tert-OH is 1. The van der Waals surface area contributed by atoms with E-state index in [0.29, 0.717) is 30.3 Å². The van der Waals surface area contributed by atoms with E-state index in [2.05, 4.69) is 52.4 Å². The molecule has 0 heterocycles. The summed E-state index contributed by atoms with van der Waals surface area (Å²) >= 11 is 0. The molecule has 0 spiro atoms. The number of aliphatic hydroxyl groups is 1. The number of fused-ring (bicyclic) bond motifs is 5. The first-order chi connectivity index (χ1) is 17.9. The Labute approximate surface area is 232 Å². The molecule has 2 N–H and O–H groups in total. The van der Waals surface area contributed by atoms with Crippen LogP contribution in [0.4, 0.5) is 4.79 Å². The van der Waals surface area contributed by atoms with Crippen molar-refractivity contribution in [1.82, 2.24) is 10.2 Å². The second-order valence-electron chi connectivity index (χ2n) is 14.7. The number of carbonyl (C=O) groups is 1. The zero-order valence-electron chi connectivity index (χ0n) is 25.5. The van der Waals surface area contributed by atoms with Gasteiger partial charge in [-0.05, 0) is 106 Å². The van der Waals surface area contributed by atoms with E-state index < -0.39 is 0 Å². The average molecular weight is 534 g/mol. The highest BCUT2D eigenvalue weighted by Gasteiger charge is 2.60. The van der Waals surface area contributed by atoms with Gasteiger partial charge in [-0.15, -0.1) is 0 Å². The lowest BCUT2D eigenvalue weighted by Crippen LogP contribution is -2.54. The van der Waals surface area contributed by atoms with E-state index in [-0.39, 0.29) is 17.6 Å². The Balaban J connectivity index is 1.33. The van der Waals surface area contributed by atoms with Gasteiger partial charge < -0.3 is 19.8 Å². The number of carbonyl (C=O) groups excluding carboxylic acids is 1. The largest absolute Gasteiger partial charge is 0.436 e. The fourth-order valence-electron chi connectivity index (χ4n) is 9.29. The van der Waals surface area contributed by atoms with Gasteiger partial charge in [0.05, 0.1) is 39.5 Å².